The summed E-state index contributed by atoms with van der Waals surface area (Å²) in [6, 6.07) is 15.6. The van der Waals surface area contributed by atoms with Crippen LogP contribution in [-0.2, 0) is 16.1 Å². The van der Waals surface area contributed by atoms with Gasteiger partial charge in [-0.1, -0.05) is 30.3 Å². The predicted molar refractivity (Wildman–Crippen MR) is 103 cm³/mol. The van der Waals surface area contributed by atoms with E-state index < -0.39 is 0 Å². The van der Waals surface area contributed by atoms with Crippen molar-refractivity contribution >= 4 is 17.7 Å². The molecule has 5 nitrogen and oxygen atoms in total. The standard InChI is InChI=1S/C20H23NO4S/c1-23-16-8-9-17(18(12-16)24-2)20-21(10-11-26-20)19(22)14-25-13-15-6-4-3-5-7-15/h3-9,12,20H,10-11,13-14H2,1-2H3/t20-/m0/s1. The second kappa shape index (κ2) is 8.96. The third-order valence-corrected chi connectivity index (χ3v) is 5.50. The van der Waals surface area contributed by atoms with Crippen LogP contribution in [-0.4, -0.2) is 43.9 Å². The quantitative estimate of drug-likeness (QED) is 0.743. The van der Waals surface area contributed by atoms with Gasteiger partial charge in [0.05, 0.1) is 20.8 Å². The van der Waals surface area contributed by atoms with Crippen LogP contribution in [0.3, 0.4) is 0 Å². The van der Waals surface area contributed by atoms with Gasteiger partial charge in [-0.25, -0.2) is 0 Å². The maximum absolute atomic E-state index is 12.7. The van der Waals surface area contributed by atoms with E-state index in [2.05, 4.69) is 0 Å². The van der Waals surface area contributed by atoms with E-state index >= 15 is 0 Å². The second-order valence-corrected chi connectivity index (χ2v) is 7.08. The molecule has 6 heteroatoms. The lowest BCUT2D eigenvalue weighted by atomic mass is 10.1. The first-order valence-electron chi connectivity index (χ1n) is 8.47. The Bertz CT molecular complexity index is 738. The van der Waals surface area contributed by atoms with E-state index in [0.717, 1.165) is 28.4 Å². The molecule has 1 aliphatic rings. The molecule has 1 fully saturated rings. The zero-order valence-electron chi connectivity index (χ0n) is 15.0. The van der Waals surface area contributed by atoms with Crippen molar-refractivity contribution in [1.82, 2.24) is 4.90 Å². The minimum Gasteiger partial charge on any atom is -0.497 e. The molecule has 2 aromatic carbocycles. The normalized spacial score (nSPS) is 16.5. The van der Waals surface area contributed by atoms with Crippen molar-refractivity contribution in [2.45, 2.75) is 12.0 Å². The minimum atomic E-state index is -0.0660. The molecule has 0 N–H and O–H groups in total. The Hall–Kier alpha value is -2.18. The monoisotopic (exact) mass is 373 g/mol. The van der Waals surface area contributed by atoms with Crippen LogP contribution in [0.25, 0.3) is 0 Å². The molecule has 0 aromatic heterocycles. The molecule has 0 spiro atoms. The number of carbonyl (C=O) groups excluding carboxylic acids is 1. The van der Waals surface area contributed by atoms with E-state index in [1.54, 1.807) is 26.0 Å². The summed E-state index contributed by atoms with van der Waals surface area (Å²) in [5.74, 6) is 2.35. The molecule has 0 aliphatic carbocycles. The number of carbonyl (C=O) groups is 1. The summed E-state index contributed by atoms with van der Waals surface area (Å²) >= 11 is 1.73. The summed E-state index contributed by atoms with van der Waals surface area (Å²) in [6.45, 7) is 1.21. The van der Waals surface area contributed by atoms with E-state index in [0.29, 0.717) is 13.2 Å². The Kier molecular flexibility index (Phi) is 6.41. The van der Waals surface area contributed by atoms with Gasteiger partial charge in [0.15, 0.2) is 0 Å². The van der Waals surface area contributed by atoms with Crippen LogP contribution < -0.4 is 9.47 Å². The van der Waals surface area contributed by atoms with E-state index in [9.17, 15) is 4.79 Å². The summed E-state index contributed by atoms with van der Waals surface area (Å²) in [6.07, 6.45) is 0. The van der Waals surface area contributed by atoms with Gasteiger partial charge in [0, 0.05) is 23.9 Å². The SMILES string of the molecule is COc1ccc([C@@H]2SCCN2C(=O)COCc2ccccc2)c(OC)c1. The highest BCUT2D eigenvalue weighted by molar-refractivity contribution is 7.99. The van der Waals surface area contributed by atoms with Crippen molar-refractivity contribution in [3.8, 4) is 11.5 Å². The molecule has 2 aromatic rings. The third-order valence-electron chi connectivity index (χ3n) is 4.26. The van der Waals surface area contributed by atoms with E-state index in [1.807, 2.05) is 53.4 Å². The number of nitrogens with zero attached hydrogens (tertiary/aromatic N) is 1. The van der Waals surface area contributed by atoms with Crippen LogP contribution in [0.5, 0.6) is 11.5 Å². The van der Waals surface area contributed by atoms with E-state index in [4.69, 9.17) is 14.2 Å². The molecule has 26 heavy (non-hydrogen) atoms. The molecule has 1 amide bonds. The fraction of sp³-hybridized carbons (Fsp3) is 0.350. The van der Waals surface area contributed by atoms with Gasteiger partial charge in [0.25, 0.3) is 0 Å². The summed E-state index contributed by atoms with van der Waals surface area (Å²) in [5, 5.41) is -0.0660. The first kappa shape index (κ1) is 18.6. The van der Waals surface area contributed by atoms with Crippen molar-refractivity contribution in [2.75, 3.05) is 33.1 Å². The van der Waals surface area contributed by atoms with Crippen molar-refractivity contribution in [3.05, 3.63) is 59.7 Å². The van der Waals surface area contributed by atoms with Gasteiger partial charge in [-0.05, 0) is 17.7 Å². The molecule has 1 heterocycles. The van der Waals surface area contributed by atoms with Gasteiger partial charge < -0.3 is 19.1 Å². The number of benzene rings is 2. The average Bonchev–Trinajstić information content (AvgIpc) is 3.18. The van der Waals surface area contributed by atoms with Crippen LogP contribution >= 0.6 is 11.8 Å². The van der Waals surface area contributed by atoms with Crippen molar-refractivity contribution in [3.63, 3.8) is 0 Å². The molecule has 0 radical (unpaired) electrons. The number of rotatable bonds is 7. The molecule has 138 valence electrons. The van der Waals surface area contributed by atoms with Crippen molar-refractivity contribution in [2.24, 2.45) is 0 Å². The smallest absolute Gasteiger partial charge is 0.249 e. The molecule has 0 unspecified atom stereocenters. The molecule has 1 saturated heterocycles. The second-order valence-electron chi connectivity index (χ2n) is 5.90. The Morgan fingerprint density at radius 3 is 2.69 bits per heavy atom. The maximum Gasteiger partial charge on any atom is 0.249 e. The fourth-order valence-corrected chi connectivity index (χ4v) is 4.22. The highest BCUT2D eigenvalue weighted by atomic mass is 32.2. The third kappa shape index (κ3) is 4.31. The summed E-state index contributed by atoms with van der Waals surface area (Å²) in [7, 11) is 3.26. The first-order chi connectivity index (χ1) is 12.7. The lowest BCUT2D eigenvalue weighted by molar-refractivity contribution is -0.136. The highest BCUT2D eigenvalue weighted by Gasteiger charge is 2.32. The topological polar surface area (TPSA) is 48.0 Å². The Balaban J connectivity index is 1.65. The first-order valence-corrected chi connectivity index (χ1v) is 9.52. The van der Waals surface area contributed by atoms with Crippen LogP contribution in [0.2, 0.25) is 0 Å². The van der Waals surface area contributed by atoms with Crippen LogP contribution in [0.1, 0.15) is 16.5 Å². The Labute approximate surface area is 158 Å². The Morgan fingerprint density at radius 2 is 1.96 bits per heavy atom. The largest absolute Gasteiger partial charge is 0.497 e. The number of thioether (sulfide) groups is 1. The lowest BCUT2D eigenvalue weighted by Gasteiger charge is -2.25. The van der Waals surface area contributed by atoms with Gasteiger partial charge >= 0.3 is 0 Å². The van der Waals surface area contributed by atoms with Gasteiger partial charge in [-0.3, -0.25) is 4.79 Å². The predicted octanol–water partition coefficient (Wildman–Crippen LogP) is 3.49. The number of hydrogen-bond donors (Lipinski definition) is 0. The molecule has 1 aliphatic heterocycles. The zero-order valence-corrected chi connectivity index (χ0v) is 15.8. The summed E-state index contributed by atoms with van der Waals surface area (Å²) in [5.41, 5.74) is 2.04. The molecule has 0 bridgehead atoms. The number of ether oxygens (including phenoxy) is 3. The van der Waals surface area contributed by atoms with Gasteiger partial charge in [0.1, 0.15) is 23.5 Å². The van der Waals surface area contributed by atoms with Gasteiger partial charge in [0.2, 0.25) is 5.91 Å². The maximum atomic E-state index is 12.7. The van der Waals surface area contributed by atoms with Crippen LogP contribution in [0.15, 0.2) is 48.5 Å². The molecule has 0 saturated carbocycles. The fourth-order valence-electron chi connectivity index (χ4n) is 2.92. The molecular weight excluding hydrogens is 350 g/mol. The van der Waals surface area contributed by atoms with Gasteiger partial charge in [-0.15, -0.1) is 11.8 Å². The zero-order chi connectivity index (χ0) is 18.4. The lowest BCUT2D eigenvalue weighted by Crippen LogP contribution is -2.33. The summed E-state index contributed by atoms with van der Waals surface area (Å²) in [4.78, 5) is 14.5. The molecule has 1 atom stereocenters. The van der Waals surface area contributed by atoms with Crippen LogP contribution in [0.4, 0.5) is 0 Å². The Morgan fingerprint density at radius 1 is 1.15 bits per heavy atom. The van der Waals surface area contributed by atoms with E-state index in [-0.39, 0.29) is 17.9 Å². The molecule has 3 rings (SSSR count). The van der Waals surface area contributed by atoms with Crippen molar-refractivity contribution < 1.29 is 19.0 Å². The van der Waals surface area contributed by atoms with Crippen LogP contribution in [0, 0.1) is 0 Å². The number of amides is 1. The average molecular weight is 373 g/mol. The summed E-state index contributed by atoms with van der Waals surface area (Å²) < 4.78 is 16.4. The minimum absolute atomic E-state index is 0.00574. The molecular formula is C20H23NO4S. The number of methoxy groups -OCH3 is 2. The number of hydrogen-bond acceptors (Lipinski definition) is 5. The highest BCUT2D eigenvalue weighted by Crippen LogP contribution is 2.42. The van der Waals surface area contributed by atoms with Gasteiger partial charge in [-0.2, -0.15) is 0 Å². The van der Waals surface area contributed by atoms with E-state index in [1.165, 1.54) is 0 Å². The van der Waals surface area contributed by atoms with Crippen molar-refractivity contribution in [1.29, 1.82) is 0 Å².